The first-order valence-corrected chi connectivity index (χ1v) is 11.7. The van der Waals surface area contributed by atoms with E-state index in [1.165, 1.54) is 0 Å². The van der Waals surface area contributed by atoms with Crippen molar-refractivity contribution in [3.8, 4) is 0 Å². The molecule has 0 bridgehead atoms. The van der Waals surface area contributed by atoms with Crippen molar-refractivity contribution in [3.63, 3.8) is 0 Å². The molecule has 0 spiro atoms. The number of hydrogen-bond acceptors (Lipinski definition) is 4. The molecule has 11 heteroatoms. The molecule has 0 atom stereocenters. The molecule has 0 saturated carbocycles. The van der Waals surface area contributed by atoms with Crippen LogP contribution in [-0.2, 0) is 34.7 Å². The summed E-state index contributed by atoms with van der Waals surface area (Å²) in [4.78, 5) is 34.0. The Balaban J connectivity index is -0.000000411. The second-order valence-electron chi connectivity index (χ2n) is 9.05. The SMILES string of the molecule is CC(C)CC(C)(C)COP(=O)(O)O.CC(C)CC(C)(C)COP(=O)(O)O.[Ni]. The minimum absolute atomic E-state index is 0. The van der Waals surface area contributed by atoms with Crippen LogP contribution in [0.5, 0.6) is 0 Å². The summed E-state index contributed by atoms with van der Waals surface area (Å²) < 4.78 is 29.8. The molecule has 4 N–H and O–H groups in total. The zero-order valence-electron chi connectivity index (χ0n) is 17.6. The minimum Gasteiger partial charge on any atom is -0.303 e. The van der Waals surface area contributed by atoms with Crippen molar-refractivity contribution < 1.29 is 54.2 Å². The first kappa shape index (κ1) is 32.4. The van der Waals surface area contributed by atoms with Gasteiger partial charge in [-0.25, -0.2) is 9.13 Å². The predicted molar refractivity (Wildman–Crippen MR) is 102 cm³/mol. The normalized spacial score (nSPS) is 13.3. The molecule has 8 nitrogen and oxygen atoms in total. The second-order valence-corrected chi connectivity index (χ2v) is 11.5. The van der Waals surface area contributed by atoms with Crippen LogP contribution in [0.2, 0.25) is 0 Å². The number of phosphoric acid groups is 2. The van der Waals surface area contributed by atoms with E-state index in [4.69, 9.17) is 19.6 Å². The van der Waals surface area contributed by atoms with Gasteiger partial charge in [0.2, 0.25) is 0 Å². The minimum atomic E-state index is -4.31. The third-order valence-electron chi connectivity index (χ3n) is 3.17. The van der Waals surface area contributed by atoms with E-state index in [1.807, 2.05) is 27.7 Å². The third kappa shape index (κ3) is 26.7. The molecule has 0 radical (unpaired) electrons. The zero-order valence-corrected chi connectivity index (χ0v) is 20.4. The fourth-order valence-electron chi connectivity index (χ4n) is 2.85. The predicted octanol–water partition coefficient (Wildman–Crippen LogP) is 4.33. The number of rotatable bonds is 10. The summed E-state index contributed by atoms with van der Waals surface area (Å²) in [5, 5.41) is 0. The Morgan fingerprint density at radius 1 is 0.704 bits per heavy atom. The topological polar surface area (TPSA) is 134 Å². The third-order valence-corrected chi connectivity index (χ3v) is 4.10. The van der Waals surface area contributed by atoms with Crippen molar-refractivity contribution in [1.82, 2.24) is 0 Å². The van der Waals surface area contributed by atoms with Crippen LogP contribution < -0.4 is 0 Å². The molecule has 0 amide bonds. The van der Waals surface area contributed by atoms with Crippen molar-refractivity contribution in [2.75, 3.05) is 13.2 Å². The first-order valence-electron chi connectivity index (χ1n) is 8.65. The van der Waals surface area contributed by atoms with E-state index in [2.05, 4.69) is 36.7 Å². The van der Waals surface area contributed by atoms with Gasteiger partial charge in [0.25, 0.3) is 0 Å². The summed E-state index contributed by atoms with van der Waals surface area (Å²) in [6, 6.07) is 0. The Hall–Kier alpha value is 0.714. The fourth-order valence-corrected chi connectivity index (χ4v) is 3.88. The molecule has 0 fully saturated rings. The van der Waals surface area contributed by atoms with Gasteiger partial charge in [-0.3, -0.25) is 9.05 Å². The van der Waals surface area contributed by atoms with Crippen LogP contribution in [-0.4, -0.2) is 32.8 Å². The van der Waals surface area contributed by atoms with E-state index in [0.717, 1.165) is 12.8 Å². The first-order chi connectivity index (χ1) is 11.2. The van der Waals surface area contributed by atoms with Crippen molar-refractivity contribution in [2.45, 2.75) is 68.2 Å². The van der Waals surface area contributed by atoms with Crippen LogP contribution >= 0.6 is 15.6 Å². The van der Waals surface area contributed by atoms with Crippen molar-refractivity contribution >= 4 is 15.6 Å². The Bertz CT molecular complexity index is 439. The van der Waals surface area contributed by atoms with E-state index in [0.29, 0.717) is 11.8 Å². The monoisotopic (exact) mass is 478 g/mol. The standard InChI is InChI=1S/2C8H19O4P.Ni/c2*1-7(2)5-8(3,4)6-12-13(9,10)11;/h2*7H,5-6H2,1-4H3,(H2,9,10,11);. The maximum absolute atomic E-state index is 10.4. The summed E-state index contributed by atoms with van der Waals surface area (Å²) in [6.07, 6.45) is 1.76. The number of phosphoric ester groups is 2. The van der Waals surface area contributed by atoms with Gasteiger partial charge in [-0.2, -0.15) is 0 Å². The molecule has 0 heterocycles. The Morgan fingerprint density at radius 3 is 1.07 bits per heavy atom. The van der Waals surface area contributed by atoms with Gasteiger partial charge in [0.1, 0.15) is 0 Å². The summed E-state index contributed by atoms with van der Waals surface area (Å²) in [5.74, 6) is 0.991. The maximum Gasteiger partial charge on any atom is 0.469 e. The maximum atomic E-state index is 10.4. The van der Waals surface area contributed by atoms with Gasteiger partial charge in [0.05, 0.1) is 13.2 Å². The second kappa shape index (κ2) is 13.1. The molecule has 0 aliphatic rings. The van der Waals surface area contributed by atoms with E-state index in [1.54, 1.807) is 0 Å². The van der Waals surface area contributed by atoms with Crippen LogP contribution in [0.1, 0.15) is 68.2 Å². The average Bonchev–Trinajstić information content (AvgIpc) is 2.30. The van der Waals surface area contributed by atoms with Crippen molar-refractivity contribution in [1.29, 1.82) is 0 Å². The summed E-state index contributed by atoms with van der Waals surface area (Å²) >= 11 is 0. The van der Waals surface area contributed by atoms with Crippen LogP contribution in [0.15, 0.2) is 0 Å². The van der Waals surface area contributed by atoms with Crippen molar-refractivity contribution in [3.05, 3.63) is 0 Å². The molecule has 0 rings (SSSR count). The summed E-state index contributed by atoms with van der Waals surface area (Å²) in [5.41, 5.74) is -0.370. The summed E-state index contributed by atoms with van der Waals surface area (Å²) in [7, 11) is -8.61. The molecule has 0 aromatic carbocycles. The molecule has 0 saturated heterocycles. The van der Waals surface area contributed by atoms with Gasteiger partial charge in [0, 0.05) is 16.5 Å². The molecule has 170 valence electrons. The largest absolute Gasteiger partial charge is 0.469 e. The van der Waals surface area contributed by atoms with Gasteiger partial charge in [0.15, 0.2) is 0 Å². The molecule has 0 aromatic rings. The molecule has 0 unspecified atom stereocenters. The van der Waals surface area contributed by atoms with E-state index < -0.39 is 15.6 Å². The molecular weight excluding hydrogens is 441 g/mol. The van der Waals surface area contributed by atoms with Crippen LogP contribution in [0.4, 0.5) is 0 Å². The van der Waals surface area contributed by atoms with Gasteiger partial charge in [-0.1, -0.05) is 55.4 Å². The van der Waals surface area contributed by atoms with Crippen molar-refractivity contribution in [2.24, 2.45) is 22.7 Å². The Morgan fingerprint density at radius 2 is 0.926 bits per heavy atom. The Kier molecular flexibility index (Phi) is 15.7. The van der Waals surface area contributed by atoms with E-state index in [9.17, 15) is 9.13 Å². The molecule has 0 aliphatic carbocycles. The fraction of sp³-hybridized carbons (Fsp3) is 1.00. The molecule has 0 aromatic heterocycles. The average molecular weight is 479 g/mol. The van der Waals surface area contributed by atoms with Gasteiger partial charge in [-0.05, 0) is 35.5 Å². The molecule has 27 heavy (non-hydrogen) atoms. The molecule has 0 aliphatic heterocycles. The van der Waals surface area contributed by atoms with Gasteiger partial charge in [-0.15, -0.1) is 0 Å². The van der Waals surface area contributed by atoms with Crippen LogP contribution in [0, 0.1) is 22.7 Å². The quantitative estimate of drug-likeness (QED) is 0.269. The van der Waals surface area contributed by atoms with Gasteiger partial charge >= 0.3 is 15.6 Å². The van der Waals surface area contributed by atoms with Crippen LogP contribution in [0.25, 0.3) is 0 Å². The number of hydrogen-bond donors (Lipinski definition) is 4. The molecular formula is C16H38NiO8P2. The van der Waals surface area contributed by atoms with E-state index >= 15 is 0 Å². The van der Waals surface area contributed by atoms with Crippen LogP contribution in [0.3, 0.4) is 0 Å². The summed E-state index contributed by atoms with van der Waals surface area (Å²) in [6.45, 7) is 16.2. The van der Waals surface area contributed by atoms with Gasteiger partial charge < -0.3 is 19.6 Å². The van der Waals surface area contributed by atoms with E-state index in [-0.39, 0.29) is 40.5 Å². The zero-order chi connectivity index (χ0) is 21.4. The Labute approximate surface area is 174 Å². The smallest absolute Gasteiger partial charge is 0.303 e.